The molecule has 1 unspecified atom stereocenters. The van der Waals surface area contributed by atoms with E-state index < -0.39 is 22.1 Å². The van der Waals surface area contributed by atoms with Crippen molar-refractivity contribution in [2.75, 3.05) is 11.0 Å². The van der Waals surface area contributed by atoms with Crippen LogP contribution in [0.4, 0.5) is 5.69 Å². The molecule has 0 amide bonds. The Hall–Kier alpha value is -3.19. The number of benzene rings is 3. The number of hydrogen-bond acceptors (Lipinski definition) is 5. The zero-order valence-corrected chi connectivity index (χ0v) is 16.2. The highest BCUT2D eigenvalue weighted by molar-refractivity contribution is 7.92. The predicted octanol–water partition coefficient (Wildman–Crippen LogP) is 3.64. The number of ether oxygens (including phenoxy) is 1. The molecule has 1 N–H and O–H groups in total. The number of carbonyl (C=O) groups excluding carboxylic acids is 2. The molecule has 0 aliphatic heterocycles. The molecule has 7 heteroatoms. The fourth-order valence-electron chi connectivity index (χ4n) is 2.83. The molecule has 0 aromatic heterocycles. The third-order valence-corrected chi connectivity index (χ3v) is 4.74. The normalized spacial score (nSPS) is 12.4. The first-order valence-electron chi connectivity index (χ1n) is 8.55. The first-order valence-corrected chi connectivity index (χ1v) is 10.4. The maximum Gasteiger partial charge on any atom is 0.339 e. The number of nitrogens with one attached hydrogen (secondary N) is 1. The SMILES string of the molecule is CC(OC(=O)c1cccc2ccccc12)C(=O)c1ccc(NS(C)(=O)=O)cc1. The van der Waals surface area contributed by atoms with Gasteiger partial charge in [-0.2, -0.15) is 0 Å². The van der Waals surface area contributed by atoms with E-state index in [0.29, 0.717) is 16.8 Å². The first kappa shape index (κ1) is 19.6. The molecule has 3 rings (SSSR count). The summed E-state index contributed by atoms with van der Waals surface area (Å²) in [4.78, 5) is 25.1. The number of hydrogen-bond donors (Lipinski definition) is 1. The van der Waals surface area contributed by atoms with Crippen LogP contribution in [0.25, 0.3) is 10.8 Å². The van der Waals surface area contributed by atoms with Crippen LogP contribution < -0.4 is 4.72 Å². The number of sulfonamides is 1. The lowest BCUT2D eigenvalue weighted by molar-refractivity contribution is 0.0321. The average Bonchev–Trinajstić information content (AvgIpc) is 2.66. The van der Waals surface area contributed by atoms with E-state index >= 15 is 0 Å². The summed E-state index contributed by atoms with van der Waals surface area (Å²) in [5.41, 5.74) is 1.06. The summed E-state index contributed by atoms with van der Waals surface area (Å²) < 4.78 is 30.2. The Balaban J connectivity index is 1.74. The molecule has 3 aromatic rings. The Kier molecular flexibility index (Phi) is 5.46. The van der Waals surface area contributed by atoms with Gasteiger partial charge in [0.25, 0.3) is 0 Å². The molecule has 0 aliphatic rings. The van der Waals surface area contributed by atoms with Gasteiger partial charge in [0.1, 0.15) is 0 Å². The molecule has 1 atom stereocenters. The number of carbonyl (C=O) groups is 2. The Bertz CT molecular complexity index is 1130. The van der Waals surface area contributed by atoms with Gasteiger partial charge in [-0.05, 0) is 48.0 Å². The molecule has 0 spiro atoms. The quantitative estimate of drug-likeness (QED) is 0.507. The Morgan fingerprint density at radius 3 is 2.25 bits per heavy atom. The van der Waals surface area contributed by atoms with Gasteiger partial charge in [-0.3, -0.25) is 9.52 Å². The molecule has 3 aromatic carbocycles. The number of rotatable bonds is 6. The number of anilines is 1. The van der Waals surface area contributed by atoms with E-state index in [1.807, 2.05) is 30.3 Å². The highest BCUT2D eigenvalue weighted by atomic mass is 32.2. The fourth-order valence-corrected chi connectivity index (χ4v) is 3.40. The molecular weight excluding hydrogens is 378 g/mol. The average molecular weight is 397 g/mol. The monoisotopic (exact) mass is 397 g/mol. The summed E-state index contributed by atoms with van der Waals surface area (Å²) in [7, 11) is -3.40. The Labute approximate surface area is 163 Å². The molecule has 0 aliphatic carbocycles. The summed E-state index contributed by atoms with van der Waals surface area (Å²) in [6, 6.07) is 18.7. The Morgan fingerprint density at radius 1 is 0.929 bits per heavy atom. The van der Waals surface area contributed by atoms with Gasteiger partial charge in [0.2, 0.25) is 15.8 Å². The van der Waals surface area contributed by atoms with Crippen molar-refractivity contribution in [2.45, 2.75) is 13.0 Å². The zero-order valence-electron chi connectivity index (χ0n) is 15.4. The number of fused-ring (bicyclic) bond motifs is 1. The van der Waals surface area contributed by atoms with Crippen LogP contribution in [0.1, 0.15) is 27.6 Å². The highest BCUT2D eigenvalue weighted by Crippen LogP contribution is 2.20. The van der Waals surface area contributed by atoms with Crippen LogP contribution in [-0.2, 0) is 14.8 Å². The van der Waals surface area contributed by atoms with Crippen LogP contribution in [0.5, 0.6) is 0 Å². The van der Waals surface area contributed by atoms with Crippen LogP contribution in [-0.4, -0.2) is 32.5 Å². The molecule has 0 fully saturated rings. The number of esters is 1. The van der Waals surface area contributed by atoms with Crippen LogP contribution in [0.3, 0.4) is 0 Å². The van der Waals surface area contributed by atoms with Crippen molar-refractivity contribution in [3.8, 4) is 0 Å². The van der Waals surface area contributed by atoms with Gasteiger partial charge in [-0.1, -0.05) is 36.4 Å². The topological polar surface area (TPSA) is 89.5 Å². The lowest BCUT2D eigenvalue weighted by Crippen LogP contribution is -2.24. The lowest BCUT2D eigenvalue weighted by Gasteiger charge is -2.14. The van der Waals surface area contributed by atoms with Crippen molar-refractivity contribution in [1.29, 1.82) is 0 Å². The van der Waals surface area contributed by atoms with E-state index in [1.165, 1.54) is 31.2 Å². The maximum absolute atomic E-state index is 12.6. The second-order valence-electron chi connectivity index (χ2n) is 6.39. The van der Waals surface area contributed by atoms with E-state index in [2.05, 4.69) is 4.72 Å². The van der Waals surface area contributed by atoms with E-state index in [9.17, 15) is 18.0 Å². The molecule has 0 saturated carbocycles. The van der Waals surface area contributed by atoms with Crippen molar-refractivity contribution in [1.82, 2.24) is 0 Å². The third kappa shape index (κ3) is 4.55. The van der Waals surface area contributed by atoms with Crippen molar-refractivity contribution in [3.05, 3.63) is 77.9 Å². The second-order valence-corrected chi connectivity index (χ2v) is 8.14. The summed E-state index contributed by atoms with van der Waals surface area (Å²) in [5.74, 6) is -0.951. The first-order chi connectivity index (χ1) is 13.2. The van der Waals surface area contributed by atoms with Gasteiger partial charge in [0, 0.05) is 11.3 Å². The molecule has 144 valence electrons. The van der Waals surface area contributed by atoms with Crippen LogP contribution in [0.2, 0.25) is 0 Å². The van der Waals surface area contributed by atoms with E-state index in [0.717, 1.165) is 17.0 Å². The van der Waals surface area contributed by atoms with Crippen molar-refractivity contribution in [3.63, 3.8) is 0 Å². The highest BCUT2D eigenvalue weighted by Gasteiger charge is 2.21. The summed E-state index contributed by atoms with van der Waals surface area (Å²) >= 11 is 0. The van der Waals surface area contributed by atoms with Crippen LogP contribution in [0, 0.1) is 0 Å². The summed E-state index contributed by atoms with van der Waals surface area (Å²) in [6.45, 7) is 1.51. The molecule has 0 saturated heterocycles. The smallest absolute Gasteiger partial charge is 0.339 e. The molecule has 0 bridgehead atoms. The maximum atomic E-state index is 12.6. The van der Waals surface area contributed by atoms with Gasteiger partial charge >= 0.3 is 5.97 Å². The zero-order chi connectivity index (χ0) is 20.3. The van der Waals surface area contributed by atoms with Crippen molar-refractivity contribution >= 4 is 38.2 Å². The number of ketones is 1. The van der Waals surface area contributed by atoms with Crippen molar-refractivity contribution in [2.24, 2.45) is 0 Å². The number of Topliss-reactive ketones (excluding diaryl/α,β-unsaturated/α-hetero) is 1. The molecule has 28 heavy (non-hydrogen) atoms. The van der Waals surface area contributed by atoms with E-state index in [4.69, 9.17) is 4.74 Å². The van der Waals surface area contributed by atoms with Gasteiger partial charge < -0.3 is 4.74 Å². The Morgan fingerprint density at radius 2 is 1.57 bits per heavy atom. The molecule has 0 radical (unpaired) electrons. The minimum atomic E-state index is -3.40. The van der Waals surface area contributed by atoms with Gasteiger partial charge in [0.15, 0.2) is 6.10 Å². The van der Waals surface area contributed by atoms with Crippen molar-refractivity contribution < 1.29 is 22.7 Å². The lowest BCUT2D eigenvalue weighted by atomic mass is 10.0. The summed E-state index contributed by atoms with van der Waals surface area (Å²) in [6.07, 6.45) is 0.0566. The predicted molar refractivity (Wildman–Crippen MR) is 108 cm³/mol. The minimum absolute atomic E-state index is 0.317. The van der Waals surface area contributed by atoms with Gasteiger partial charge in [-0.15, -0.1) is 0 Å². The van der Waals surface area contributed by atoms with E-state index in [1.54, 1.807) is 12.1 Å². The van der Waals surface area contributed by atoms with Crippen LogP contribution in [0.15, 0.2) is 66.7 Å². The van der Waals surface area contributed by atoms with Crippen LogP contribution >= 0.6 is 0 Å². The second kappa shape index (κ2) is 7.82. The standard InChI is InChI=1S/C21H19NO5S/c1-14(20(23)16-10-12-17(13-11-16)22-28(2,25)26)27-21(24)19-9-5-7-15-6-3-4-8-18(15)19/h3-14,22H,1-2H3. The minimum Gasteiger partial charge on any atom is -0.451 e. The van der Waals surface area contributed by atoms with Gasteiger partial charge in [0.05, 0.1) is 11.8 Å². The molecule has 0 heterocycles. The van der Waals surface area contributed by atoms with Gasteiger partial charge in [-0.25, -0.2) is 13.2 Å². The fraction of sp³-hybridized carbons (Fsp3) is 0.143. The third-order valence-electron chi connectivity index (χ3n) is 4.14. The molecule has 6 nitrogen and oxygen atoms in total. The molecular formula is C21H19NO5S. The van der Waals surface area contributed by atoms with E-state index in [-0.39, 0.29) is 5.78 Å². The largest absolute Gasteiger partial charge is 0.451 e. The summed E-state index contributed by atoms with van der Waals surface area (Å²) in [5, 5.41) is 1.66.